The van der Waals surface area contributed by atoms with Gasteiger partial charge in [0.2, 0.25) is 5.91 Å². The summed E-state index contributed by atoms with van der Waals surface area (Å²) in [6.07, 6.45) is 6.88. The molecule has 114 valence electrons. The van der Waals surface area contributed by atoms with Crippen molar-refractivity contribution in [2.45, 2.75) is 32.3 Å². The maximum absolute atomic E-state index is 12.1. The van der Waals surface area contributed by atoms with Crippen molar-refractivity contribution in [1.82, 2.24) is 5.32 Å². The lowest BCUT2D eigenvalue weighted by Gasteiger charge is -2.20. The first-order valence-electron chi connectivity index (χ1n) is 7.43. The minimum Gasteiger partial charge on any atom is -0.493 e. The van der Waals surface area contributed by atoms with E-state index in [1.54, 1.807) is 7.11 Å². The van der Waals surface area contributed by atoms with Crippen molar-refractivity contribution >= 4 is 5.91 Å². The first-order valence-corrected chi connectivity index (χ1v) is 7.43. The third-order valence-corrected chi connectivity index (χ3v) is 3.60. The van der Waals surface area contributed by atoms with Crippen molar-refractivity contribution in [1.29, 1.82) is 0 Å². The Balaban J connectivity index is 1.80. The van der Waals surface area contributed by atoms with Gasteiger partial charge < -0.3 is 14.8 Å². The molecule has 0 radical (unpaired) electrons. The van der Waals surface area contributed by atoms with E-state index in [0.29, 0.717) is 18.0 Å². The molecule has 0 unspecified atom stereocenters. The standard InChI is InChI=1S/C17H23NO3/c1-13(21-16-11-7-6-10-15(16)20-2)12-18-17(19)14-8-4-3-5-9-14/h3-4,6-7,10-11,13-14H,5,8-9,12H2,1-2H3,(H,18,19)/t13-,14+/m1/s1. The number of nitrogens with one attached hydrogen (secondary N) is 1. The number of hydrogen-bond donors (Lipinski definition) is 1. The molecule has 21 heavy (non-hydrogen) atoms. The molecule has 0 aromatic heterocycles. The van der Waals surface area contributed by atoms with Crippen LogP contribution < -0.4 is 14.8 Å². The number of ether oxygens (including phenoxy) is 2. The summed E-state index contributed by atoms with van der Waals surface area (Å²) in [5.41, 5.74) is 0. The molecule has 1 aromatic rings. The van der Waals surface area contributed by atoms with Crippen molar-refractivity contribution in [2.75, 3.05) is 13.7 Å². The lowest BCUT2D eigenvalue weighted by molar-refractivity contribution is -0.125. The van der Waals surface area contributed by atoms with E-state index in [4.69, 9.17) is 9.47 Å². The molecular formula is C17H23NO3. The maximum Gasteiger partial charge on any atom is 0.223 e. The summed E-state index contributed by atoms with van der Waals surface area (Å²) < 4.78 is 11.1. The van der Waals surface area contributed by atoms with Crippen LogP contribution in [0.1, 0.15) is 26.2 Å². The van der Waals surface area contributed by atoms with Gasteiger partial charge in [0, 0.05) is 5.92 Å². The Morgan fingerprint density at radius 2 is 2.10 bits per heavy atom. The summed E-state index contributed by atoms with van der Waals surface area (Å²) in [7, 11) is 1.62. The second kappa shape index (κ2) is 7.72. The van der Waals surface area contributed by atoms with Gasteiger partial charge in [0.05, 0.1) is 13.7 Å². The summed E-state index contributed by atoms with van der Waals surface area (Å²) in [6, 6.07) is 7.52. The van der Waals surface area contributed by atoms with Gasteiger partial charge in [0.1, 0.15) is 6.10 Å². The molecule has 1 N–H and O–H groups in total. The molecule has 1 aromatic carbocycles. The monoisotopic (exact) mass is 289 g/mol. The Bertz CT molecular complexity index is 499. The number of amides is 1. The van der Waals surface area contributed by atoms with E-state index in [0.717, 1.165) is 19.3 Å². The van der Waals surface area contributed by atoms with E-state index in [1.165, 1.54) is 0 Å². The van der Waals surface area contributed by atoms with Gasteiger partial charge in [-0.15, -0.1) is 0 Å². The largest absolute Gasteiger partial charge is 0.493 e. The normalized spacial score (nSPS) is 18.9. The van der Waals surface area contributed by atoms with E-state index in [2.05, 4.69) is 17.5 Å². The van der Waals surface area contributed by atoms with Crippen LogP contribution in [0.4, 0.5) is 0 Å². The van der Waals surface area contributed by atoms with Gasteiger partial charge in [0.25, 0.3) is 0 Å². The van der Waals surface area contributed by atoms with Crippen LogP contribution >= 0.6 is 0 Å². The predicted molar refractivity (Wildman–Crippen MR) is 82.6 cm³/mol. The molecule has 4 heteroatoms. The number of hydrogen-bond acceptors (Lipinski definition) is 3. The molecule has 0 saturated heterocycles. The second-order valence-corrected chi connectivity index (χ2v) is 5.31. The Morgan fingerprint density at radius 3 is 2.76 bits per heavy atom. The minimum absolute atomic E-state index is 0.105. The average molecular weight is 289 g/mol. The molecule has 2 atom stereocenters. The van der Waals surface area contributed by atoms with E-state index in [1.807, 2.05) is 31.2 Å². The summed E-state index contributed by atoms with van der Waals surface area (Å²) in [6.45, 7) is 2.44. The first kappa shape index (κ1) is 15.4. The molecule has 0 spiro atoms. The summed E-state index contributed by atoms with van der Waals surface area (Å²) in [5.74, 6) is 1.62. The molecule has 2 rings (SSSR count). The van der Waals surface area contributed by atoms with Gasteiger partial charge in [-0.3, -0.25) is 4.79 Å². The Morgan fingerprint density at radius 1 is 1.33 bits per heavy atom. The number of methoxy groups -OCH3 is 1. The van der Waals surface area contributed by atoms with Crippen molar-refractivity contribution < 1.29 is 14.3 Å². The van der Waals surface area contributed by atoms with Gasteiger partial charge in [0.15, 0.2) is 11.5 Å². The van der Waals surface area contributed by atoms with Crippen LogP contribution in [-0.2, 0) is 4.79 Å². The molecule has 0 bridgehead atoms. The first-order chi connectivity index (χ1) is 10.2. The molecule has 0 aliphatic heterocycles. The number of allylic oxidation sites excluding steroid dienone is 2. The summed E-state index contributed by atoms with van der Waals surface area (Å²) >= 11 is 0. The fraction of sp³-hybridized carbons (Fsp3) is 0.471. The number of rotatable bonds is 6. The zero-order valence-electron chi connectivity index (χ0n) is 12.7. The number of carbonyl (C=O) groups is 1. The minimum atomic E-state index is -0.107. The molecule has 4 nitrogen and oxygen atoms in total. The quantitative estimate of drug-likeness (QED) is 0.819. The van der Waals surface area contributed by atoms with Crippen LogP contribution in [0, 0.1) is 5.92 Å². The van der Waals surface area contributed by atoms with Crippen LogP contribution in [0.2, 0.25) is 0 Å². The highest BCUT2D eigenvalue weighted by Gasteiger charge is 2.19. The zero-order valence-corrected chi connectivity index (χ0v) is 12.7. The van der Waals surface area contributed by atoms with E-state index >= 15 is 0 Å². The third-order valence-electron chi connectivity index (χ3n) is 3.60. The third kappa shape index (κ3) is 4.52. The second-order valence-electron chi connectivity index (χ2n) is 5.31. The van der Waals surface area contributed by atoms with Crippen LogP contribution in [0.25, 0.3) is 0 Å². The predicted octanol–water partition coefficient (Wildman–Crippen LogP) is 2.94. The molecule has 0 fully saturated rings. The molecular weight excluding hydrogens is 266 g/mol. The fourth-order valence-electron chi connectivity index (χ4n) is 2.39. The average Bonchev–Trinajstić information content (AvgIpc) is 2.54. The molecule has 1 aliphatic carbocycles. The number of benzene rings is 1. The molecule has 0 heterocycles. The highest BCUT2D eigenvalue weighted by molar-refractivity contribution is 5.79. The topological polar surface area (TPSA) is 47.6 Å². The SMILES string of the molecule is COc1ccccc1O[C@H](C)CNC(=O)[C@H]1CC=CCC1. The van der Waals surface area contributed by atoms with Crippen LogP contribution in [0.3, 0.4) is 0 Å². The van der Waals surface area contributed by atoms with Gasteiger partial charge in [-0.25, -0.2) is 0 Å². The van der Waals surface area contributed by atoms with E-state index in [9.17, 15) is 4.79 Å². The number of carbonyl (C=O) groups excluding carboxylic acids is 1. The van der Waals surface area contributed by atoms with Gasteiger partial charge in [-0.1, -0.05) is 24.3 Å². The fourth-order valence-corrected chi connectivity index (χ4v) is 2.39. The van der Waals surface area contributed by atoms with Gasteiger partial charge in [-0.05, 0) is 38.3 Å². The molecule has 0 saturated carbocycles. The maximum atomic E-state index is 12.1. The highest BCUT2D eigenvalue weighted by Crippen LogP contribution is 2.26. The van der Waals surface area contributed by atoms with Crippen molar-refractivity contribution in [3.63, 3.8) is 0 Å². The zero-order chi connectivity index (χ0) is 15.1. The summed E-state index contributed by atoms with van der Waals surface area (Å²) in [4.78, 5) is 12.1. The Labute approximate surface area is 126 Å². The Hall–Kier alpha value is -1.97. The van der Waals surface area contributed by atoms with Crippen LogP contribution in [0.15, 0.2) is 36.4 Å². The smallest absolute Gasteiger partial charge is 0.223 e. The van der Waals surface area contributed by atoms with Crippen LogP contribution in [0.5, 0.6) is 11.5 Å². The van der Waals surface area contributed by atoms with Crippen molar-refractivity contribution in [3.05, 3.63) is 36.4 Å². The highest BCUT2D eigenvalue weighted by atomic mass is 16.5. The van der Waals surface area contributed by atoms with Gasteiger partial charge in [-0.2, -0.15) is 0 Å². The van der Waals surface area contributed by atoms with E-state index < -0.39 is 0 Å². The molecule has 1 aliphatic rings. The van der Waals surface area contributed by atoms with Crippen molar-refractivity contribution in [2.24, 2.45) is 5.92 Å². The molecule has 1 amide bonds. The Kier molecular flexibility index (Phi) is 5.67. The summed E-state index contributed by atoms with van der Waals surface area (Å²) in [5, 5.41) is 2.97. The van der Waals surface area contributed by atoms with Crippen molar-refractivity contribution in [3.8, 4) is 11.5 Å². The van der Waals surface area contributed by atoms with E-state index in [-0.39, 0.29) is 17.9 Å². The lowest BCUT2D eigenvalue weighted by Crippen LogP contribution is -2.37. The number of para-hydroxylation sites is 2. The lowest BCUT2D eigenvalue weighted by atomic mass is 9.94. The van der Waals surface area contributed by atoms with Crippen LogP contribution in [-0.4, -0.2) is 25.7 Å². The van der Waals surface area contributed by atoms with Gasteiger partial charge >= 0.3 is 0 Å².